The third kappa shape index (κ3) is 3.11. The molecule has 1 atom stereocenters. The molecule has 1 aliphatic rings. The highest BCUT2D eigenvalue weighted by Gasteiger charge is 2.36. The molecule has 76 valence electrons. The minimum atomic E-state index is -0.476. The molecule has 1 heterocycles. The van der Waals surface area contributed by atoms with Gasteiger partial charge in [0.25, 0.3) is 0 Å². The fourth-order valence-electron chi connectivity index (χ4n) is 2.05. The maximum Gasteiger partial charge on any atom is 0.151 e. The summed E-state index contributed by atoms with van der Waals surface area (Å²) in [5.41, 5.74) is -0.311. The quantitative estimate of drug-likeness (QED) is 0.616. The van der Waals surface area contributed by atoms with Gasteiger partial charge in [-0.2, -0.15) is 0 Å². The molecule has 0 amide bonds. The average Bonchev–Trinajstić information content (AvgIpc) is 2.03. The molecule has 0 spiro atoms. The smallest absolute Gasteiger partial charge is 0.151 e. The number of ether oxygens (including phenoxy) is 1. The first-order chi connectivity index (χ1) is 5.97. The maximum atomic E-state index is 11.0. The van der Waals surface area contributed by atoms with Crippen LogP contribution >= 0.6 is 0 Å². The Labute approximate surface area is 80.7 Å². The van der Waals surface area contributed by atoms with E-state index in [1.165, 1.54) is 0 Å². The van der Waals surface area contributed by atoms with Crippen molar-refractivity contribution in [3.8, 4) is 0 Å². The number of rotatable bonds is 2. The van der Waals surface area contributed by atoms with Gasteiger partial charge in [0.05, 0.1) is 0 Å². The van der Waals surface area contributed by atoms with Crippen LogP contribution in [0.4, 0.5) is 0 Å². The van der Waals surface area contributed by atoms with Gasteiger partial charge in [-0.05, 0) is 31.1 Å². The van der Waals surface area contributed by atoms with Crippen LogP contribution in [0.1, 0.15) is 46.5 Å². The second-order valence-corrected chi connectivity index (χ2v) is 5.23. The molecule has 0 aliphatic carbocycles. The van der Waals surface area contributed by atoms with Gasteiger partial charge in [0, 0.05) is 6.61 Å². The predicted molar refractivity (Wildman–Crippen MR) is 52.7 cm³/mol. The lowest BCUT2D eigenvalue weighted by Gasteiger charge is -2.37. The van der Waals surface area contributed by atoms with E-state index >= 15 is 0 Å². The minimum Gasteiger partial charge on any atom is -0.368 e. The Bertz CT molecular complexity index is 173. The van der Waals surface area contributed by atoms with Gasteiger partial charge < -0.3 is 9.53 Å². The number of hydrogen-bond acceptors (Lipinski definition) is 2. The highest BCUT2D eigenvalue weighted by molar-refractivity contribution is 5.62. The molecule has 0 bridgehead atoms. The Hall–Kier alpha value is -0.370. The maximum absolute atomic E-state index is 11.0. The Morgan fingerprint density at radius 2 is 2.08 bits per heavy atom. The van der Waals surface area contributed by atoms with Crippen molar-refractivity contribution in [1.82, 2.24) is 0 Å². The van der Waals surface area contributed by atoms with Gasteiger partial charge in [0.1, 0.15) is 5.60 Å². The molecule has 1 rings (SSSR count). The van der Waals surface area contributed by atoms with E-state index in [4.69, 9.17) is 4.74 Å². The van der Waals surface area contributed by atoms with Crippen LogP contribution < -0.4 is 0 Å². The van der Waals surface area contributed by atoms with Crippen LogP contribution in [-0.4, -0.2) is 18.5 Å². The van der Waals surface area contributed by atoms with Gasteiger partial charge >= 0.3 is 0 Å². The zero-order chi connectivity index (χ0) is 9.95. The zero-order valence-corrected chi connectivity index (χ0v) is 8.93. The largest absolute Gasteiger partial charge is 0.368 e. The summed E-state index contributed by atoms with van der Waals surface area (Å²) in [6.45, 7) is 7.19. The number of aldehydes is 1. The second-order valence-electron chi connectivity index (χ2n) is 5.23. The molecular formula is C11H20O2. The van der Waals surface area contributed by atoms with E-state index in [0.29, 0.717) is 0 Å². The molecule has 0 aromatic carbocycles. The fraction of sp³-hybridized carbons (Fsp3) is 0.909. The van der Waals surface area contributed by atoms with Crippen LogP contribution in [0.5, 0.6) is 0 Å². The molecule has 1 fully saturated rings. The van der Waals surface area contributed by atoms with Gasteiger partial charge in [-0.25, -0.2) is 0 Å². The molecule has 0 radical (unpaired) electrons. The van der Waals surface area contributed by atoms with Gasteiger partial charge in [0.15, 0.2) is 6.29 Å². The van der Waals surface area contributed by atoms with E-state index in [0.717, 1.165) is 38.6 Å². The molecule has 1 aliphatic heterocycles. The lowest BCUT2D eigenvalue weighted by atomic mass is 9.79. The van der Waals surface area contributed by atoms with Crippen LogP contribution in [0.2, 0.25) is 0 Å². The standard InChI is InChI=1S/C11H20O2/c1-10(2,3)8-11(9-12)6-4-5-7-13-11/h9H,4-8H2,1-3H3. The Kier molecular flexibility index (Phi) is 3.12. The third-order valence-electron chi connectivity index (χ3n) is 2.43. The van der Waals surface area contributed by atoms with Crippen LogP contribution in [0, 0.1) is 5.41 Å². The summed E-state index contributed by atoms with van der Waals surface area (Å²) in [7, 11) is 0. The van der Waals surface area contributed by atoms with Crippen molar-refractivity contribution in [2.75, 3.05) is 6.61 Å². The fourth-order valence-corrected chi connectivity index (χ4v) is 2.05. The van der Waals surface area contributed by atoms with Gasteiger partial charge in [-0.15, -0.1) is 0 Å². The summed E-state index contributed by atoms with van der Waals surface area (Å²) in [4.78, 5) is 11.0. The van der Waals surface area contributed by atoms with Crippen molar-refractivity contribution in [3.05, 3.63) is 0 Å². The highest BCUT2D eigenvalue weighted by Crippen LogP contribution is 2.34. The van der Waals surface area contributed by atoms with Gasteiger partial charge in [0.2, 0.25) is 0 Å². The van der Waals surface area contributed by atoms with Crippen molar-refractivity contribution >= 4 is 6.29 Å². The molecule has 0 aromatic rings. The molecule has 2 heteroatoms. The highest BCUT2D eigenvalue weighted by atomic mass is 16.5. The lowest BCUT2D eigenvalue weighted by molar-refractivity contribution is -0.143. The second kappa shape index (κ2) is 3.79. The van der Waals surface area contributed by atoms with Crippen LogP contribution in [0.25, 0.3) is 0 Å². The van der Waals surface area contributed by atoms with E-state index < -0.39 is 5.60 Å². The molecule has 1 unspecified atom stereocenters. The van der Waals surface area contributed by atoms with E-state index in [2.05, 4.69) is 20.8 Å². The molecular weight excluding hydrogens is 164 g/mol. The molecule has 2 nitrogen and oxygen atoms in total. The molecule has 0 saturated carbocycles. The normalized spacial score (nSPS) is 30.1. The van der Waals surface area contributed by atoms with Gasteiger partial charge in [-0.3, -0.25) is 0 Å². The summed E-state index contributed by atoms with van der Waals surface area (Å²) >= 11 is 0. The van der Waals surface area contributed by atoms with E-state index in [9.17, 15) is 4.79 Å². The summed E-state index contributed by atoms with van der Waals surface area (Å²) < 4.78 is 5.62. The SMILES string of the molecule is CC(C)(C)CC1(C=O)CCCCO1. The molecule has 0 aromatic heterocycles. The van der Waals surface area contributed by atoms with Crippen molar-refractivity contribution in [2.45, 2.75) is 52.1 Å². The van der Waals surface area contributed by atoms with Crippen LogP contribution in [0.15, 0.2) is 0 Å². The Morgan fingerprint density at radius 3 is 2.46 bits per heavy atom. The van der Waals surface area contributed by atoms with Crippen molar-refractivity contribution in [3.63, 3.8) is 0 Å². The summed E-state index contributed by atoms with van der Waals surface area (Å²) in [5, 5.41) is 0. The van der Waals surface area contributed by atoms with E-state index in [-0.39, 0.29) is 5.41 Å². The van der Waals surface area contributed by atoms with Crippen molar-refractivity contribution in [1.29, 1.82) is 0 Å². The molecule has 1 saturated heterocycles. The molecule has 0 N–H and O–H groups in total. The average molecular weight is 184 g/mol. The van der Waals surface area contributed by atoms with Gasteiger partial charge in [-0.1, -0.05) is 20.8 Å². The van der Waals surface area contributed by atoms with Crippen LogP contribution in [0.3, 0.4) is 0 Å². The number of carbonyl (C=O) groups excluding carboxylic acids is 1. The topological polar surface area (TPSA) is 26.3 Å². The first kappa shape index (κ1) is 10.7. The Balaban J connectivity index is 2.63. The first-order valence-corrected chi connectivity index (χ1v) is 5.08. The predicted octanol–water partition coefficient (Wildman–Crippen LogP) is 2.56. The summed E-state index contributed by atoms with van der Waals surface area (Å²) in [6.07, 6.45) is 4.96. The van der Waals surface area contributed by atoms with E-state index in [1.807, 2.05) is 0 Å². The number of hydrogen-bond donors (Lipinski definition) is 0. The van der Waals surface area contributed by atoms with Crippen molar-refractivity contribution in [2.24, 2.45) is 5.41 Å². The lowest BCUT2D eigenvalue weighted by Crippen LogP contribution is -2.41. The van der Waals surface area contributed by atoms with E-state index in [1.54, 1.807) is 0 Å². The first-order valence-electron chi connectivity index (χ1n) is 5.08. The van der Waals surface area contributed by atoms with Crippen molar-refractivity contribution < 1.29 is 9.53 Å². The third-order valence-corrected chi connectivity index (χ3v) is 2.43. The Morgan fingerprint density at radius 1 is 1.38 bits per heavy atom. The van der Waals surface area contributed by atoms with Crippen LogP contribution in [-0.2, 0) is 9.53 Å². The summed E-state index contributed by atoms with van der Waals surface area (Å²) in [6, 6.07) is 0. The minimum absolute atomic E-state index is 0.165. The molecule has 13 heavy (non-hydrogen) atoms. The zero-order valence-electron chi connectivity index (χ0n) is 8.93. The number of carbonyl (C=O) groups is 1. The monoisotopic (exact) mass is 184 g/mol. The summed E-state index contributed by atoms with van der Waals surface area (Å²) in [5.74, 6) is 0.